The Hall–Kier alpha value is -2.31. The highest BCUT2D eigenvalue weighted by Gasteiger charge is 2.33. The van der Waals surface area contributed by atoms with Gasteiger partial charge in [-0.15, -0.1) is 0 Å². The third-order valence-electron chi connectivity index (χ3n) is 2.92. The fraction of sp³-hybridized carbons (Fsp3) is 0.286. The van der Waals surface area contributed by atoms with E-state index in [1.165, 1.54) is 0 Å². The first-order valence-electron chi connectivity index (χ1n) is 6.37. The van der Waals surface area contributed by atoms with Crippen LogP contribution < -0.4 is 10.5 Å². The molecule has 7 heteroatoms. The van der Waals surface area contributed by atoms with Gasteiger partial charge in [0, 0.05) is 19.2 Å². The molecule has 0 radical (unpaired) electrons. The molecule has 0 amide bonds. The standard InChI is InChI=1S/C14H14F3N3O/c1-2-20(9-10-6-4-3-5-7-10)13-18-11(14(15,16)17)8-12(21)19-13/h3-8H,2,9H2,1H3,(H,18,19,21). The van der Waals surface area contributed by atoms with Crippen molar-refractivity contribution in [1.29, 1.82) is 0 Å². The van der Waals surface area contributed by atoms with Gasteiger partial charge in [-0.1, -0.05) is 30.3 Å². The lowest BCUT2D eigenvalue weighted by Crippen LogP contribution is -2.28. The Balaban J connectivity index is 2.34. The van der Waals surface area contributed by atoms with Crippen molar-refractivity contribution in [3.8, 4) is 0 Å². The lowest BCUT2D eigenvalue weighted by Gasteiger charge is -2.22. The number of benzene rings is 1. The smallest absolute Gasteiger partial charge is 0.338 e. The molecule has 1 aromatic heterocycles. The molecule has 0 spiro atoms. The van der Waals surface area contributed by atoms with Crippen LogP contribution in [0.2, 0.25) is 0 Å². The summed E-state index contributed by atoms with van der Waals surface area (Å²) in [5.74, 6) is -0.0822. The monoisotopic (exact) mass is 297 g/mol. The van der Waals surface area contributed by atoms with E-state index in [4.69, 9.17) is 0 Å². The van der Waals surface area contributed by atoms with Gasteiger partial charge in [-0.05, 0) is 12.5 Å². The molecule has 0 saturated heterocycles. The van der Waals surface area contributed by atoms with Crippen molar-refractivity contribution in [2.24, 2.45) is 0 Å². The molecule has 4 nitrogen and oxygen atoms in total. The third-order valence-corrected chi connectivity index (χ3v) is 2.92. The van der Waals surface area contributed by atoms with Gasteiger partial charge in [0.25, 0.3) is 5.56 Å². The zero-order chi connectivity index (χ0) is 15.5. The summed E-state index contributed by atoms with van der Waals surface area (Å²) in [4.78, 5) is 18.9. The van der Waals surface area contributed by atoms with E-state index in [1.807, 2.05) is 30.3 Å². The van der Waals surface area contributed by atoms with Crippen LogP contribution in [-0.4, -0.2) is 16.5 Å². The van der Waals surface area contributed by atoms with Crippen LogP contribution in [-0.2, 0) is 12.7 Å². The molecule has 112 valence electrons. The number of aromatic nitrogens is 2. The van der Waals surface area contributed by atoms with E-state index in [9.17, 15) is 18.0 Å². The van der Waals surface area contributed by atoms with Crippen LogP contribution >= 0.6 is 0 Å². The zero-order valence-corrected chi connectivity index (χ0v) is 11.3. The van der Waals surface area contributed by atoms with Crippen molar-refractivity contribution in [2.45, 2.75) is 19.6 Å². The van der Waals surface area contributed by atoms with Crippen molar-refractivity contribution in [1.82, 2.24) is 9.97 Å². The highest BCUT2D eigenvalue weighted by molar-refractivity contribution is 5.33. The predicted octanol–water partition coefficient (Wildman–Crippen LogP) is 2.82. The second kappa shape index (κ2) is 5.99. The number of rotatable bonds is 4. The van der Waals surface area contributed by atoms with E-state index in [-0.39, 0.29) is 5.95 Å². The lowest BCUT2D eigenvalue weighted by atomic mass is 10.2. The van der Waals surface area contributed by atoms with Crippen LogP contribution in [0.1, 0.15) is 18.2 Å². The summed E-state index contributed by atoms with van der Waals surface area (Å²) in [7, 11) is 0. The van der Waals surface area contributed by atoms with Gasteiger partial charge in [0.2, 0.25) is 5.95 Å². The maximum atomic E-state index is 12.7. The molecule has 0 unspecified atom stereocenters. The fourth-order valence-corrected chi connectivity index (χ4v) is 1.88. The van der Waals surface area contributed by atoms with Crippen molar-refractivity contribution < 1.29 is 13.2 Å². The molecule has 2 rings (SSSR count). The van der Waals surface area contributed by atoms with Crippen LogP contribution in [0, 0.1) is 0 Å². The Morgan fingerprint density at radius 1 is 1.24 bits per heavy atom. The highest BCUT2D eigenvalue weighted by Crippen LogP contribution is 2.27. The van der Waals surface area contributed by atoms with Crippen LogP contribution in [0.15, 0.2) is 41.2 Å². The van der Waals surface area contributed by atoms with E-state index >= 15 is 0 Å². The molecular weight excluding hydrogens is 283 g/mol. The molecule has 1 aromatic carbocycles. The number of nitrogens with one attached hydrogen (secondary N) is 1. The number of hydrogen-bond donors (Lipinski definition) is 1. The van der Waals surface area contributed by atoms with Gasteiger partial charge in [0.05, 0.1) is 0 Å². The van der Waals surface area contributed by atoms with Gasteiger partial charge in [-0.2, -0.15) is 13.2 Å². The third kappa shape index (κ3) is 3.84. The first-order valence-corrected chi connectivity index (χ1v) is 6.37. The Morgan fingerprint density at radius 3 is 2.48 bits per heavy atom. The molecule has 0 aliphatic heterocycles. The Labute approximate surface area is 119 Å². The first kappa shape index (κ1) is 15.1. The number of hydrogen-bond acceptors (Lipinski definition) is 3. The molecule has 0 atom stereocenters. The fourth-order valence-electron chi connectivity index (χ4n) is 1.88. The first-order chi connectivity index (χ1) is 9.90. The minimum Gasteiger partial charge on any atom is -0.338 e. The molecule has 21 heavy (non-hydrogen) atoms. The van der Waals surface area contributed by atoms with Crippen LogP contribution in [0.25, 0.3) is 0 Å². The molecule has 0 saturated carbocycles. The van der Waals surface area contributed by atoms with E-state index in [0.29, 0.717) is 19.2 Å². The Kier molecular flexibility index (Phi) is 4.30. The lowest BCUT2D eigenvalue weighted by molar-refractivity contribution is -0.141. The second-order valence-electron chi connectivity index (χ2n) is 4.45. The molecule has 2 aromatic rings. The van der Waals surface area contributed by atoms with Crippen molar-refractivity contribution in [3.05, 3.63) is 58.0 Å². The topological polar surface area (TPSA) is 49.0 Å². The Morgan fingerprint density at radius 2 is 1.90 bits per heavy atom. The number of alkyl halides is 3. The summed E-state index contributed by atoms with van der Waals surface area (Å²) in [6.07, 6.45) is -4.64. The number of aromatic amines is 1. The van der Waals surface area contributed by atoms with Crippen molar-refractivity contribution in [2.75, 3.05) is 11.4 Å². The minimum absolute atomic E-state index is 0.0822. The van der Waals surface area contributed by atoms with Gasteiger partial charge >= 0.3 is 6.18 Å². The molecule has 1 N–H and O–H groups in total. The maximum absolute atomic E-state index is 12.7. The number of halogens is 3. The number of H-pyrrole nitrogens is 1. The van der Waals surface area contributed by atoms with Crippen LogP contribution in [0.5, 0.6) is 0 Å². The number of nitrogens with zero attached hydrogens (tertiary/aromatic N) is 2. The minimum atomic E-state index is -4.64. The van der Waals surface area contributed by atoms with Gasteiger partial charge < -0.3 is 4.90 Å². The van der Waals surface area contributed by atoms with Crippen LogP contribution in [0.4, 0.5) is 19.1 Å². The van der Waals surface area contributed by atoms with Crippen molar-refractivity contribution >= 4 is 5.95 Å². The largest absolute Gasteiger partial charge is 0.433 e. The second-order valence-corrected chi connectivity index (χ2v) is 4.45. The maximum Gasteiger partial charge on any atom is 0.433 e. The SMILES string of the molecule is CCN(Cc1ccccc1)c1nc(C(F)(F)F)cc(=O)[nH]1. The van der Waals surface area contributed by atoms with Gasteiger partial charge in [-0.3, -0.25) is 9.78 Å². The predicted molar refractivity (Wildman–Crippen MR) is 73.0 cm³/mol. The van der Waals surface area contributed by atoms with E-state index in [0.717, 1.165) is 5.56 Å². The average molecular weight is 297 g/mol. The summed E-state index contributed by atoms with van der Waals surface area (Å²) in [6, 6.07) is 9.70. The summed E-state index contributed by atoms with van der Waals surface area (Å²) < 4.78 is 38.1. The zero-order valence-electron chi connectivity index (χ0n) is 11.3. The molecule has 0 aliphatic rings. The van der Waals surface area contributed by atoms with Gasteiger partial charge in [0.1, 0.15) is 0 Å². The van der Waals surface area contributed by atoms with Crippen molar-refractivity contribution in [3.63, 3.8) is 0 Å². The van der Waals surface area contributed by atoms with E-state index < -0.39 is 17.4 Å². The quantitative estimate of drug-likeness (QED) is 0.944. The highest BCUT2D eigenvalue weighted by atomic mass is 19.4. The van der Waals surface area contributed by atoms with Crippen LogP contribution in [0.3, 0.4) is 0 Å². The summed E-state index contributed by atoms with van der Waals surface area (Å²) in [5.41, 5.74) is -1.09. The molecule has 0 aliphatic carbocycles. The Bertz CT molecular complexity index is 653. The van der Waals surface area contributed by atoms with Gasteiger partial charge in [-0.25, -0.2) is 4.98 Å². The van der Waals surface area contributed by atoms with E-state index in [1.54, 1.807) is 11.8 Å². The summed E-state index contributed by atoms with van der Waals surface area (Å²) in [6.45, 7) is 2.56. The molecular formula is C14H14F3N3O. The average Bonchev–Trinajstić information content (AvgIpc) is 2.44. The molecule has 1 heterocycles. The number of anilines is 1. The molecule has 0 fully saturated rings. The van der Waals surface area contributed by atoms with Gasteiger partial charge in [0.15, 0.2) is 5.69 Å². The summed E-state index contributed by atoms with van der Waals surface area (Å²) >= 11 is 0. The molecule has 0 bridgehead atoms. The normalized spacial score (nSPS) is 11.4. The van der Waals surface area contributed by atoms with E-state index in [2.05, 4.69) is 9.97 Å². The summed E-state index contributed by atoms with van der Waals surface area (Å²) in [5, 5.41) is 0.